The second-order valence-corrected chi connectivity index (χ2v) is 5.74. The number of hydrogen-bond donors (Lipinski definition) is 0. The lowest BCUT2D eigenvalue weighted by Crippen LogP contribution is -2.10. The van der Waals surface area contributed by atoms with Gasteiger partial charge in [-0.25, -0.2) is 8.78 Å². The molecule has 0 bridgehead atoms. The summed E-state index contributed by atoms with van der Waals surface area (Å²) in [7, 11) is 0. The molecule has 0 amide bonds. The first-order valence-electron chi connectivity index (χ1n) is 6.08. The molecule has 0 aromatic heterocycles. The largest absolute Gasteiger partial charge is 0.288 e. The van der Waals surface area contributed by atoms with Gasteiger partial charge in [-0.3, -0.25) is 4.79 Å². The lowest BCUT2D eigenvalue weighted by atomic mass is 9.94. The summed E-state index contributed by atoms with van der Waals surface area (Å²) >= 11 is 3.00. The van der Waals surface area contributed by atoms with Crippen LogP contribution in [0.2, 0.25) is 0 Å². The van der Waals surface area contributed by atoms with Gasteiger partial charge in [0.25, 0.3) is 0 Å². The number of aryl methyl sites for hydroxylation is 3. The fourth-order valence-corrected chi connectivity index (χ4v) is 2.50. The van der Waals surface area contributed by atoms with Gasteiger partial charge in [0, 0.05) is 10.0 Å². The molecule has 0 spiro atoms. The third kappa shape index (κ3) is 2.66. The fraction of sp³-hybridized carbons (Fsp3) is 0.188. The molecule has 2 rings (SSSR count). The number of benzene rings is 2. The Hall–Kier alpha value is -1.55. The summed E-state index contributed by atoms with van der Waals surface area (Å²) in [6.45, 7) is 5.55. The molecular weight excluding hydrogens is 326 g/mol. The van der Waals surface area contributed by atoms with Crippen LogP contribution in [0.4, 0.5) is 8.78 Å². The van der Waals surface area contributed by atoms with Crippen molar-refractivity contribution in [1.82, 2.24) is 0 Å². The van der Waals surface area contributed by atoms with Crippen molar-refractivity contribution in [3.05, 3.63) is 68.2 Å². The maximum Gasteiger partial charge on any atom is 0.199 e. The molecule has 0 unspecified atom stereocenters. The van der Waals surface area contributed by atoms with Crippen LogP contribution in [0.25, 0.3) is 0 Å². The Kier molecular flexibility index (Phi) is 4.04. The van der Waals surface area contributed by atoms with E-state index in [2.05, 4.69) is 15.9 Å². The highest BCUT2D eigenvalue weighted by molar-refractivity contribution is 9.10. The van der Waals surface area contributed by atoms with E-state index in [-0.39, 0.29) is 4.47 Å². The molecule has 4 heteroatoms. The van der Waals surface area contributed by atoms with E-state index in [1.54, 1.807) is 13.0 Å². The number of hydrogen-bond acceptors (Lipinski definition) is 1. The predicted octanol–water partition coefficient (Wildman–Crippen LogP) is 4.88. The van der Waals surface area contributed by atoms with Crippen molar-refractivity contribution < 1.29 is 13.6 Å². The Balaban J connectivity index is 2.61. The third-order valence-electron chi connectivity index (χ3n) is 3.32. The van der Waals surface area contributed by atoms with Crippen LogP contribution in [-0.4, -0.2) is 5.78 Å². The second-order valence-electron chi connectivity index (χ2n) is 4.82. The molecule has 1 nitrogen and oxygen atoms in total. The molecule has 0 saturated heterocycles. The van der Waals surface area contributed by atoms with Crippen molar-refractivity contribution in [3.8, 4) is 0 Å². The van der Waals surface area contributed by atoms with Gasteiger partial charge in [-0.2, -0.15) is 0 Å². The summed E-state index contributed by atoms with van der Waals surface area (Å²) in [6, 6.07) is 5.70. The summed E-state index contributed by atoms with van der Waals surface area (Å²) in [4.78, 5) is 12.4. The zero-order valence-electron chi connectivity index (χ0n) is 11.4. The van der Waals surface area contributed by atoms with Crippen LogP contribution < -0.4 is 0 Å². The van der Waals surface area contributed by atoms with E-state index in [9.17, 15) is 13.6 Å². The standard InChI is InChI=1S/C16H13BrF2O/c1-8-4-10(3)12(5-9(8)2)16(20)15-13(18)6-11(17)7-14(15)19/h4-7H,1-3H3. The quantitative estimate of drug-likeness (QED) is 0.713. The van der Waals surface area contributed by atoms with Gasteiger partial charge in [0.15, 0.2) is 5.78 Å². The van der Waals surface area contributed by atoms with Crippen LogP contribution >= 0.6 is 15.9 Å². The molecular formula is C16H13BrF2O. The van der Waals surface area contributed by atoms with Gasteiger partial charge in [0.05, 0.1) is 5.56 Å². The number of rotatable bonds is 2. The minimum absolute atomic E-state index is 0.265. The number of halogens is 3. The maximum absolute atomic E-state index is 13.9. The van der Waals surface area contributed by atoms with Gasteiger partial charge >= 0.3 is 0 Å². The van der Waals surface area contributed by atoms with E-state index in [1.807, 2.05) is 19.9 Å². The van der Waals surface area contributed by atoms with Crippen LogP contribution in [0.5, 0.6) is 0 Å². The molecule has 20 heavy (non-hydrogen) atoms. The zero-order valence-corrected chi connectivity index (χ0v) is 12.9. The minimum atomic E-state index is -0.862. The second kappa shape index (κ2) is 5.44. The van der Waals surface area contributed by atoms with Gasteiger partial charge in [-0.15, -0.1) is 0 Å². The van der Waals surface area contributed by atoms with Crippen LogP contribution in [0, 0.1) is 32.4 Å². The Morgan fingerprint density at radius 2 is 1.40 bits per heavy atom. The molecule has 0 radical (unpaired) electrons. The molecule has 0 saturated carbocycles. The molecule has 0 aliphatic carbocycles. The zero-order chi connectivity index (χ0) is 15.0. The first-order chi connectivity index (χ1) is 9.31. The Labute approximate surface area is 124 Å². The average Bonchev–Trinajstić information content (AvgIpc) is 2.32. The molecule has 2 aromatic carbocycles. The van der Waals surface area contributed by atoms with E-state index in [1.165, 1.54) is 0 Å². The highest BCUT2D eigenvalue weighted by atomic mass is 79.9. The molecule has 0 aliphatic rings. The topological polar surface area (TPSA) is 17.1 Å². The van der Waals surface area contributed by atoms with Crippen LogP contribution in [0.3, 0.4) is 0 Å². The summed E-state index contributed by atoms with van der Waals surface area (Å²) < 4.78 is 28.0. The summed E-state index contributed by atoms with van der Waals surface area (Å²) in [5.74, 6) is -2.35. The van der Waals surface area contributed by atoms with E-state index >= 15 is 0 Å². The summed E-state index contributed by atoms with van der Waals surface area (Å²) in [6.07, 6.45) is 0. The minimum Gasteiger partial charge on any atom is -0.288 e. The van der Waals surface area contributed by atoms with Crippen molar-refractivity contribution in [2.75, 3.05) is 0 Å². The summed E-state index contributed by atoms with van der Waals surface area (Å²) in [5.41, 5.74) is 2.47. The molecule has 2 aromatic rings. The fourth-order valence-electron chi connectivity index (χ4n) is 2.10. The smallest absolute Gasteiger partial charge is 0.199 e. The third-order valence-corrected chi connectivity index (χ3v) is 3.78. The Morgan fingerprint density at radius 3 is 1.95 bits per heavy atom. The van der Waals surface area contributed by atoms with Crippen molar-refractivity contribution in [2.24, 2.45) is 0 Å². The van der Waals surface area contributed by atoms with E-state index < -0.39 is 23.0 Å². The van der Waals surface area contributed by atoms with Crippen LogP contribution in [0.1, 0.15) is 32.6 Å². The maximum atomic E-state index is 13.9. The number of carbonyl (C=O) groups is 1. The lowest BCUT2D eigenvalue weighted by molar-refractivity contribution is 0.103. The number of ketones is 1. The van der Waals surface area contributed by atoms with Gasteiger partial charge in [-0.05, 0) is 55.7 Å². The van der Waals surface area contributed by atoms with Crippen molar-refractivity contribution >= 4 is 21.7 Å². The van der Waals surface area contributed by atoms with Gasteiger partial charge in [0.2, 0.25) is 0 Å². The van der Waals surface area contributed by atoms with Crippen molar-refractivity contribution in [2.45, 2.75) is 20.8 Å². The predicted molar refractivity (Wildman–Crippen MR) is 78.1 cm³/mol. The summed E-state index contributed by atoms with van der Waals surface area (Å²) in [5, 5.41) is 0. The lowest BCUT2D eigenvalue weighted by Gasteiger charge is -2.10. The molecule has 0 atom stereocenters. The highest BCUT2D eigenvalue weighted by Crippen LogP contribution is 2.24. The molecule has 0 aliphatic heterocycles. The van der Waals surface area contributed by atoms with Crippen LogP contribution in [-0.2, 0) is 0 Å². The Morgan fingerprint density at radius 1 is 0.900 bits per heavy atom. The van der Waals surface area contributed by atoms with Crippen LogP contribution in [0.15, 0.2) is 28.7 Å². The monoisotopic (exact) mass is 338 g/mol. The van der Waals surface area contributed by atoms with E-state index in [0.29, 0.717) is 11.1 Å². The van der Waals surface area contributed by atoms with E-state index in [4.69, 9.17) is 0 Å². The normalized spacial score (nSPS) is 10.7. The molecule has 0 fully saturated rings. The average molecular weight is 339 g/mol. The molecule has 0 N–H and O–H groups in total. The highest BCUT2D eigenvalue weighted by Gasteiger charge is 2.21. The SMILES string of the molecule is Cc1cc(C)c(C(=O)c2c(F)cc(Br)cc2F)cc1C. The number of carbonyl (C=O) groups excluding carboxylic acids is 1. The van der Waals surface area contributed by atoms with Crippen molar-refractivity contribution in [3.63, 3.8) is 0 Å². The Bertz CT molecular complexity index is 685. The van der Waals surface area contributed by atoms with Gasteiger partial charge in [-0.1, -0.05) is 22.0 Å². The molecule has 0 heterocycles. The first-order valence-corrected chi connectivity index (χ1v) is 6.87. The van der Waals surface area contributed by atoms with Crippen molar-refractivity contribution in [1.29, 1.82) is 0 Å². The molecule has 104 valence electrons. The first kappa shape index (κ1) is 14.9. The van der Waals surface area contributed by atoms with E-state index in [0.717, 1.165) is 23.3 Å². The van der Waals surface area contributed by atoms with Gasteiger partial charge in [0.1, 0.15) is 11.6 Å². The van der Waals surface area contributed by atoms with Gasteiger partial charge < -0.3 is 0 Å².